The molecule has 0 radical (unpaired) electrons. The lowest BCUT2D eigenvalue weighted by molar-refractivity contribution is -0.139. The van der Waals surface area contributed by atoms with Gasteiger partial charge in [-0.2, -0.15) is 0 Å². The maximum Gasteiger partial charge on any atom is 0.317 e. The predicted octanol–water partition coefficient (Wildman–Crippen LogP) is 1.69. The van der Waals surface area contributed by atoms with Crippen molar-refractivity contribution in [2.45, 2.75) is 58.5 Å². The van der Waals surface area contributed by atoms with Crippen LogP contribution in [0.15, 0.2) is 0 Å². The second-order valence-corrected chi connectivity index (χ2v) is 7.64. The molecule has 26 heavy (non-hydrogen) atoms. The van der Waals surface area contributed by atoms with Crippen molar-refractivity contribution in [2.24, 2.45) is 5.92 Å². The largest absolute Gasteiger partial charge is 0.480 e. The topological polar surface area (TPSA) is 76.1 Å². The number of carboxylic acids is 1. The lowest BCUT2D eigenvalue weighted by Gasteiger charge is -2.43. The Balaban J connectivity index is 1.66. The van der Waals surface area contributed by atoms with E-state index in [4.69, 9.17) is 5.11 Å². The molecule has 0 aromatic carbocycles. The Morgan fingerprint density at radius 2 is 1.69 bits per heavy atom. The Morgan fingerprint density at radius 1 is 1.08 bits per heavy atom. The molecule has 2 aliphatic rings. The average Bonchev–Trinajstić information content (AvgIpc) is 2.60. The number of likely N-dealkylation sites (tertiary alicyclic amines) is 1. The van der Waals surface area contributed by atoms with Gasteiger partial charge in [0.15, 0.2) is 0 Å². The van der Waals surface area contributed by atoms with E-state index in [0.29, 0.717) is 5.92 Å². The summed E-state index contributed by atoms with van der Waals surface area (Å²) in [6.07, 6.45) is 3.87. The Labute approximate surface area is 157 Å². The lowest BCUT2D eigenvalue weighted by Crippen LogP contribution is -2.57. The third-order valence-corrected chi connectivity index (χ3v) is 6.01. The first-order valence-electron chi connectivity index (χ1n) is 10.2. The summed E-state index contributed by atoms with van der Waals surface area (Å²) in [6, 6.07) is 0.515. The molecular weight excluding hydrogens is 332 g/mol. The number of carbonyl (C=O) groups is 2. The van der Waals surface area contributed by atoms with E-state index in [-0.39, 0.29) is 24.7 Å². The van der Waals surface area contributed by atoms with Crippen LogP contribution < -0.4 is 5.32 Å². The minimum absolute atomic E-state index is 0.0519. The highest BCUT2D eigenvalue weighted by atomic mass is 16.4. The summed E-state index contributed by atoms with van der Waals surface area (Å²) in [7, 11) is 0. The summed E-state index contributed by atoms with van der Waals surface area (Å²) in [4.78, 5) is 29.7. The van der Waals surface area contributed by atoms with Crippen molar-refractivity contribution in [3.8, 4) is 0 Å². The number of likely N-dealkylation sites (N-methyl/N-ethyl adjacent to an activating group) is 1. The van der Waals surface area contributed by atoms with Crippen molar-refractivity contribution in [3.05, 3.63) is 0 Å². The first kappa shape index (κ1) is 21.0. The molecule has 7 nitrogen and oxygen atoms in total. The molecule has 0 aromatic rings. The van der Waals surface area contributed by atoms with Crippen LogP contribution in [0.25, 0.3) is 0 Å². The number of nitrogens with zero attached hydrogens (tertiary/aromatic N) is 3. The number of hydrogen-bond donors (Lipinski definition) is 2. The summed E-state index contributed by atoms with van der Waals surface area (Å²) >= 11 is 0. The number of piperidine rings is 1. The minimum atomic E-state index is -0.785. The van der Waals surface area contributed by atoms with Crippen LogP contribution in [0.4, 0.5) is 4.79 Å². The van der Waals surface area contributed by atoms with Gasteiger partial charge in [-0.1, -0.05) is 20.8 Å². The summed E-state index contributed by atoms with van der Waals surface area (Å²) < 4.78 is 0. The van der Waals surface area contributed by atoms with Crippen LogP contribution in [-0.4, -0.2) is 89.7 Å². The molecule has 0 aromatic heterocycles. The fraction of sp³-hybridized carbons (Fsp3) is 0.895. The molecule has 2 rings (SSSR count). The molecule has 7 heteroatoms. The molecule has 2 amide bonds. The Hall–Kier alpha value is -1.34. The molecule has 2 N–H and O–H groups in total. The second-order valence-electron chi connectivity index (χ2n) is 7.64. The lowest BCUT2D eigenvalue weighted by atomic mass is 9.85. The van der Waals surface area contributed by atoms with E-state index in [1.54, 1.807) is 0 Å². The number of amides is 2. The van der Waals surface area contributed by atoms with Gasteiger partial charge >= 0.3 is 12.0 Å². The minimum Gasteiger partial charge on any atom is -0.480 e. The molecule has 1 saturated carbocycles. The van der Waals surface area contributed by atoms with E-state index in [2.05, 4.69) is 24.1 Å². The standard InChI is InChI=1S/C19H36N4O3/c1-4-21(5-2)13-15-7-9-23(10-8-15)19(26)20-16-11-17(12-16)22(6-3)14-18(24)25/h15-17H,4-14H2,1-3H3,(H,20,26)(H,24,25). The zero-order valence-corrected chi connectivity index (χ0v) is 16.6. The van der Waals surface area contributed by atoms with E-state index in [1.165, 1.54) is 0 Å². The van der Waals surface area contributed by atoms with E-state index < -0.39 is 5.97 Å². The number of carbonyl (C=O) groups excluding carboxylic acids is 1. The van der Waals surface area contributed by atoms with Crippen LogP contribution >= 0.6 is 0 Å². The van der Waals surface area contributed by atoms with Gasteiger partial charge in [-0.15, -0.1) is 0 Å². The van der Waals surface area contributed by atoms with Crippen molar-refractivity contribution in [2.75, 3.05) is 45.8 Å². The van der Waals surface area contributed by atoms with Crippen molar-refractivity contribution in [1.29, 1.82) is 0 Å². The normalized spacial score (nSPS) is 24.0. The van der Waals surface area contributed by atoms with Gasteiger partial charge in [-0.25, -0.2) is 4.79 Å². The molecule has 1 heterocycles. The van der Waals surface area contributed by atoms with Crippen LogP contribution in [0.3, 0.4) is 0 Å². The van der Waals surface area contributed by atoms with Crippen molar-refractivity contribution < 1.29 is 14.7 Å². The molecule has 0 bridgehead atoms. The van der Waals surface area contributed by atoms with Gasteiger partial charge in [0.2, 0.25) is 0 Å². The molecule has 1 aliphatic carbocycles. The molecule has 0 unspecified atom stereocenters. The highest BCUT2D eigenvalue weighted by molar-refractivity contribution is 5.74. The van der Waals surface area contributed by atoms with Crippen LogP contribution in [-0.2, 0) is 4.79 Å². The van der Waals surface area contributed by atoms with Crippen molar-refractivity contribution in [1.82, 2.24) is 20.0 Å². The molecular formula is C19H36N4O3. The number of hydrogen-bond acceptors (Lipinski definition) is 4. The number of rotatable bonds is 9. The van der Waals surface area contributed by atoms with E-state index >= 15 is 0 Å². The van der Waals surface area contributed by atoms with Crippen LogP contribution in [0, 0.1) is 5.92 Å². The molecule has 1 aliphatic heterocycles. The van der Waals surface area contributed by atoms with Crippen LogP contribution in [0.2, 0.25) is 0 Å². The number of aliphatic carboxylic acids is 1. The molecule has 0 atom stereocenters. The first-order chi connectivity index (χ1) is 12.5. The molecule has 2 fully saturated rings. The fourth-order valence-electron chi connectivity index (χ4n) is 4.11. The molecule has 1 saturated heterocycles. The third kappa shape index (κ3) is 5.84. The fourth-order valence-corrected chi connectivity index (χ4v) is 4.11. The Bertz CT molecular complexity index is 456. The highest BCUT2D eigenvalue weighted by Gasteiger charge is 2.35. The number of urea groups is 1. The van der Waals surface area contributed by atoms with E-state index in [9.17, 15) is 9.59 Å². The monoisotopic (exact) mass is 368 g/mol. The highest BCUT2D eigenvalue weighted by Crippen LogP contribution is 2.26. The number of carboxylic acid groups (broad SMARTS) is 1. The predicted molar refractivity (Wildman–Crippen MR) is 102 cm³/mol. The average molecular weight is 369 g/mol. The quantitative estimate of drug-likeness (QED) is 0.648. The zero-order chi connectivity index (χ0) is 19.1. The van der Waals surface area contributed by atoms with Crippen LogP contribution in [0.5, 0.6) is 0 Å². The maximum absolute atomic E-state index is 12.5. The van der Waals surface area contributed by atoms with Gasteiger partial charge in [0, 0.05) is 31.7 Å². The zero-order valence-electron chi connectivity index (χ0n) is 16.6. The summed E-state index contributed by atoms with van der Waals surface area (Å²) in [5, 5.41) is 12.1. The Morgan fingerprint density at radius 3 is 2.19 bits per heavy atom. The summed E-state index contributed by atoms with van der Waals surface area (Å²) in [5.74, 6) is -0.0897. The SMILES string of the molecule is CCN(CC)CC1CCN(C(=O)NC2CC(N(CC)CC(=O)O)C2)CC1. The number of nitrogens with one attached hydrogen (secondary N) is 1. The Kier molecular flexibility index (Phi) is 8.15. The maximum atomic E-state index is 12.5. The van der Waals surface area contributed by atoms with Gasteiger partial charge in [-0.3, -0.25) is 9.69 Å². The summed E-state index contributed by atoms with van der Waals surface area (Å²) in [5.41, 5.74) is 0. The first-order valence-corrected chi connectivity index (χ1v) is 10.2. The van der Waals surface area contributed by atoms with E-state index in [0.717, 1.165) is 65.0 Å². The molecule has 150 valence electrons. The van der Waals surface area contributed by atoms with Gasteiger partial charge in [0.05, 0.1) is 6.54 Å². The van der Waals surface area contributed by atoms with Crippen molar-refractivity contribution in [3.63, 3.8) is 0 Å². The van der Waals surface area contributed by atoms with Crippen LogP contribution in [0.1, 0.15) is 46.5 Å². The van der Waals surface area contributed by atoms with E-state index in [1.807, 2.05) is 16.7 Å². The third-order valence-electron chi connectivity index (χ3n) is 6.01. The summed E-state index contributed by atoms with van der Waals surface area (Å²) in [6.45, 7) is 12.2. The second kappa shape index (κ2) is 10.1. The smallest absolute Gasteiger partial charge is 0.317 e. The molecule has 0 spiro atoms. The van der Waals surface area contributed by atoms with Gasteiger partial charge in [-0.05, 0) is 51.2 Å². The van der Waals surface area contributed by atoms with Gasteiger partial charge < -0.3 is 20.2 Å². The van der Waals surface area contributed by atoms with Gasteiger partial charge in [0.25, 0.3) is 0 Å². The van der Waals surface area contributed by atoms with Crippen molar-refractivity contribution >= 4 is 12.0 Å². The van der Waals surface area contributed by atoms with Gasteiger partial charge in [0.1, 0.15) is 0 Å².